The predicted octanol–water partition coefficient (Wildman–Crippen LogP) is 3.22. The van der Waals surface area contributed by atoms with Crippen molar-refractivity contribution < 1.29 is 32.4 Å². The highest BCUT2D eigenvalue weighted by atomic mass is 35.5. The van der Waals surface area contributed by atoms with Crippen LogP contribution >= 0.6 is 31.6 Å². The molecule has 3 heterocycles. The molecule has 4 rings (SSSR count). The number of phosphoric acid groups is 1. The number of aromatic nitrogens is 2. The van der Waals surface area contributed by atoms with E-state index in [4.69, 9.17) is 48.6 Å². The number of rotatable bonds is 4. The topological polar surface area (TPSA) is 112 Å². The molecule has 2 aromatic rings. The highest BCUT2D eigenvalue weighted by Gasteiger charge is 2.50. The summed E-state index contributed by atoms with van der Waals surface area (Å²) >= 11 is 10.8. The summed E-state index contributed by atoms with van der Waals surface area (Å²) < 4.78 is 49.6. The van der Waals surface area contributed by atoms with Crippen LogP contribution in [0.15, 0.2) is 29.2 Å². The van der Waals surface area contributed by atoms with Crippen molar-refractivity contribution in [1.82, 2.24) is 9.55 Å². The van der Waals surface area contributed by atoms with Crippen LogP contribution in [0.4, 0.5) is 4.39 Å². The van der Waals surface area contributed by atoms with Gasteiger partial charge in [0.1, 0.15) is 23.1 Å². The molecular weight excluding hydrogens is 474 g/mol. The number of H-pyrrole nitrogens is 1. The van der Waals surface area contributed by atoms with E-state index >= 15 is 4.39 Å². The molecular formula is C18H15ClFN2O7PS. The summed E-state index contributed by atoms with van der Waals surface area (Å²) in [5.74, 6) is -0.0819. The van der Waals surface area contributed by atoms with Crippen molar-refractivity contribution in [2.45, 2.75) is 31.2 Å². The molecule has 1 aromatic carbocycles. The average Bonchev–Trinajstić information content (AvgIpc) is 3.02. The normalized spacial score (nSPS) is 29.7. The number of aromatic amines is 1. The van der Waals surface area contributed by atoms with Gasteiger partial charge >= 0.3 is 13.5 Å². The fourth-order valence-corrected chi connectivity index (χ4v) is 4.79. The number of aliphatic hydroxyl groups excluding tert-OH is 1. The maximum atomic E-state index is 15.2. The Morgan fingerprint density at radius 2 is 2.32 bits per heavy atom. The van der Waals surface area contributed by atoms with Crippen molar-refractivity contribution in [2.24, 2.45) is 0 Å². The van der Waals surface area contributed by atoms with E-state index in [0.29, 0.717) is 10.6 Å². The van der Waals surface area contributed by atoms with Crippen molar-refractivity contribution in [3.8, 4) is 18.1 Å². The second-order valence-electron chi connectivity index (χ2n) is 6.85. The van der Waals surface area contributed by atoms with Crippen LogP contribution in [0, 0.1) is 17.0 Å². The monoisotopic (exact) mass is 488 g/mol. The van der Waals surface area contributed by atoms with Crippen LogP contribution in [0.2, 0.25) is 5.02 Å². The molecule has 1 fully saturated rings. The molecule has 2 aliphatic rings. The lowest BCUT2D eigenvalue weighted by Crippen LogP contribution is -2.33. The highest BCUT2D eigenvalue weighted by molar-refractivity contribution is 7.71. The van der Waals surface area contributed by atoms with Gasteiger partial charge in [0, 0.05) is 23.2 Å². The Labute approximate surface area is 185 Å². The Morgan fingerprint density at radius 1 is 1.55 bits per heavy atom. The molecule has 2 N–H and O–H groups in total. The van der Waals surface area contributed by atoms with Gasteiger partial charge in [0.15, 0.2) is 6.23 Å². The van der Waals surface area contributed by atoms with Crippen LogP contribution in [-0.4, -0.2) is 33.2 Å². The van der Waals surface area contributed by atoms with Gasteiger partial charge in [-0.3, -0.25) is 18.6 Å². The lowest BCUT2D eigenvalue weighted by molar-refractivity contribution is -0.179. The van der Waals surface area contributed by atoms with Crippen LogP contribution in [-0.2, 0) is 25.0 Å². The standard InChI is InChI=1S/C18H15ClFN2O7PS/c1-2-10-7-22(17(24)21-15(10)31)16-13(23)6-18(20,28-16)9-27-30(25)26-8-11-5-12(19)3-4-14(11)29-30/h1,3-5,7,13,16,23H,6,8-9H2,(H,21,24,31)/t13-,16-,18+,30?/m1/s1. The number of hydrogen-bond acceptors (Lipinski definition) is 8. The van der Waals surface area contributed by atoms with Crippen LogP contribution in [0.5, 0.6) is 5.75 Å². The van der Waals surface area contributed by atoms with Gasteiger partial charge in [-0.2, -0.15) is 0 Å². The molecule has 0 bridgehead atoms. The molecule has 2 aliphatic heterocycles. The molecule has 0 saturated carbocycles. The minimum absolute atomic E-state index is 0.0253. The van der Waals surface area contributed by atoms with Gasteiger partial charge in [-0.15, -0.1) is 6.42 Å². The average molecular weight is 489 g/mol. The van der Waals surface area contributed by atoms with Crippen molar-refractivity contribution in [3.05, 3.63) is 55.7 Å². The van der Waals surface area contributed by atoms with Crippen molar-refractivity contribution in [1.29, 1.82) is 0 Å². The van der Waals surface area contributed by atoms with Crippen LogP contribution in [0.3, 0.4) is 0 Å². The summed E-state index contributed by atoms with van der Waals surface area (Å²) in [4.78, 5) is 14.5. The quantitative estimate of drug-likeness (QED) is 0.383. The van der Waals surface area contributed by atoms with Gasteiger partial charge in [-0.1, -0.05) is 29.7 Å². The molecule has 4 atom stereocenters. The van der Waals surface area contributed by atoms with Crippen molar-refractivity contribution >= 4 is 31.6 Å². The lowest BCUT2D eigenvalue weighted by Gasteiger charge is -2.27. The third-order valence-corrected chi connectivity index (χ3v) is 6.49. The second-order valence-corrected chi connectivity index (χ2v) is 9.29. The number of nitrogens with one attached hydrogen (secondary N) is 1. The Hall–Kier alpha value is -2.03. The van der Waals surface area contributed by atoms with Gasteiger partial charge in [0.2, 0.25) is 5.85 Å². The van der Waals surface area contributed by atoms with Crippen LogP contribution < -0.4 is 10.2 Å². The highest BCUT2D eigenvalue weighted by Crippen LogP contribution is 2.55. The molecule has 0 aliphatic carbocycles. The van der Waals surface area contributed by atoms with Crippen molar-refractivity contribution in [2.75, 3.05) is 6.61 Å². The van der Waals surface area contributed by atoms with E-state index in [0.717, 1.165) is 4.57 Å². The van der Waals surface area contributed by atoms with Crippen molar-refractivity contribution in [3.63, 3.8) is 0 Å². The van der Waals surface area contributed by atoms with Gasteiger partial charge in [0.05, 0.1) is 12.2 Å². The maximum Gasteiger partial charge on any atom is 0.530 e. The molecule has 0 spiro atoms. The lowest BCUT2D eigenvalue weighted by atomic mass is 10.2. The Kier molecular flexibility index (Phi) is 5.83. The maximum absolute atomic E-state index is 15.2. The zero-order valence-corrected chi connectivity index (χ0v) is 18.1. The van der Waals surface area contributed by atoms with Gasteiger partial charge in [-0.25, -0.2) is 13.8 Å². The number of halogens is 2. The van der Waals surface area contributed by atoms with E-state index in [9.17, 15) is 14.5 Å². The Balaban J connectivity index is 1.49. The number of nitrogens with zero attached hydrogens (tertiary/aromatic N) is 1. The van der Waals surface area contributed by atoms with Gasteiger partial charge in [-0.05, 0) is 18.2 Å². The summed E-state index contributed by atoms with van der Waals surface area (Å²) in [6, 6.07) is 4.59. The first-order chi connectivity index (χ1) is 14.6. The Morgan fingerprint density at radius 3 is 3.06 bits per heavy atom. The molecule has 9 nitrogen and oxygen atoms in total. The fraction of sp³-hybridized carbons (Fsp3) is 0.333. The number of ether oxygens (including phenoxy) is 1. The third kappa shape index (κ3) is 4.47. The molecule has 1 saturated heterocycles. The fourth-order valence-electron chi connectivity index (χ4n) is 3.15. The molecule has 13 heteroatoms. The number of hydrogen-bond donors (Lipinski definition) is 2. The summed E-state index contributed by atoms with van der Waals surface area (Å²) in [7, 11) is -4.16. The third-order valence-electron chi connectivity index (χ3n) is 4.62. The van der Waals surface area contributed by atoms with Gasteiger partial charge in [0.25, 0.3) is 0 Å². The van der Waals surface area contributed by atoms with E-state index in [2.05, 4.69) is 10.9 Å². The smallest absolute Gasteiger partial charge is 0.404 e. The SMILES string of the molecule is C#Cc1cn([C@@H]2O[C@](F)(COP3(=O)OCc4cc(Cl)ccc4O3)C[C@H]2O)c(=O)[nH]c1=S. The summed E-state index contributed by atoms with van der Waals surface area (Å²) in [6.07, 6.45) is 3.08. The summed E-state index contributed by atoms with van der Waals surface area (Å²) in [6.45, 7) is -1.01. The number of phosphoric ester groups is 1. The molecule has 0 amide bonds. The second kappa shape index (κ2) is 8.15. The van der Waals surface area contributed by atoms with Crippen LogP contribution in [0.1, 0.15) is 23.8 Å². The van der Waals surface area contributed by atoms with E-state index in [1.165, 1.54) is 18.3 Å². The number of aliphatic hydroxyl groups is 1. The predicted molar refractivity (Wildman–Crippen MR) is 109 cm³/mol. The number of alkyl halides is 1. The van der Waals surface area contributed by atoms with E-state index in [1.54, 1.807) is 6.07 Å². The first kappa shape index (κ1) is 22.2. The summed E-state index contributed by atoms with van der Waals surface area (Å²) in [5, 5.41) is 10.7. The molecule has 0 radical (unpaired) electrons. The van der Waals surface area contributed by atoms with E-state index in [-0.39, 0.29) is 22.6 Å². The molecule has 31 heavy (non-hydrogen) atoms. The minimum Gasteiger partial charge on any atom is -0.404 e. The van der Waals surface area contributed by atoms with E-state index in [1.807, 2.05) is 0 Å². The number of terminal acetylenes is 1. The first-order valence-corrected chi connectivity index (χ1v) is 11.1. The largest absolute Gasteiger partial charge is 0.530 e. The zero-order chi connectivity index (χ0) is 22.4. The minimum atomic E-state index is -4.16. The summed E-state index contributed by atoms with van der Waals surface area (Å²) in [5.41, 5.74) is -0.0410. The first-order valence-electron chi connectivity index (χ1n) is 8.85. The molecule has 1 aromatic heterocycles. The number of benzene rings is 1. The zero-order valence-electron chi connectivity index (χ0n) is 15.6. The molecule has 164 valence electrons. The number of fused-ring (bicyclic) bond motifs is 1. The van der Waals surface area contributed by atoms with Gasteiger partial charge < -0.3 is 14.4 Å². The van der Waals surface area contributed by atoms with Crippen LogP contribution in [0.25, 0.3) is 0 Å². The Bertz CT molecular complexity index is 1240. The molecule has 1 unspecified atom stereocenters. The van der Waals surface area contributed by atoms with E-state index < -0.39 is 44.7 Å².